The number of imide groups is 2. The van der Waals surface area contributed by atoms with Crippen LogP contribution in [0.15, 0.2) is 27.7 Å². The molecule has 2 saturated carbocycles. The van der Waals surface area contributed by atoms with Crippen molar-refractivity contribution >= 4 is 45.7 Å². The number of urea groups is 1. The van der Waals surface area contributed by atoms with Gasteiger partial charge in [-0.25, -0.2) is 4.79 Å². The van der Waals surface area contributed by atoms with Crippen LogP contribution < -0.4 is 10.1 Å². The molecule has 0 unspecified atom stereocenters. The van der Waals surface area contributed by atoms with Crippen LogP contribution in [0.3, 0.4) is 0 Å². The van der Waals surface area contributed by atoms with Crippen LogP contribution in [0.2, 0.25) is 0 Å². The number of nitrogens with one attached hydrogen (secondary N) is 1. The second-order valence-electron chi connectivity index (χ2n) is 7.32. The fourth-order valence-electron chi connectivity index (χ4n) is 4.50. The monoisotopic (exact) mass is 433 g/mol. The van der Waals surface area contributed by atoms with Crippen molar-refractivity contribution in [1.29, 1.82) is 0 Å². The van der Waals surface area contributed by atoms with Gasteiger partial charge in [0.15, 0.2) is 5.92 Å². The standard InChI is InChI=1S/C19H20BrN3O4/c1-27-16-5-4-12(20)8-14(16)21-9-13-17(24)22-19(26)23(18(13)25)15-7-10-2-3-11(15)6-10/h4-5,8-11,13,15H,2-3,6-7H2,1H3,(H,22,24,26)/t10-,11-,13-,15-/m0/s1. The van der Waals surface area contributed by atoms with Crippen LogP contribution in [0.5, 0.6) is 5.75 Å². The van der Waals surface area contributed by atoms with Crippen molar-refractivity contribution in [2.45, 2.75) is 31.7 Å². The molecule has 4 rings (SSSR count). The van der Waals surface area contributed by atoms with E-state index in [1.807, 2.05) is 6.07 Å². The van der Waals surface area contributed by atoms with E-state index in [0.29, 0.717) is 23.3 Å². The van der Waals surface area contributed by atoms with E-state index < -0.39 is 23.8 Å². The molecule has 4 amide bonds. The molecule has 2 aliphatic carbocycles. The Labute approximate surface area is 165 Å². The Bertz CT molecular complexity index is 840. The van der Waals surface area contributed by atoms with E-state index in [0.717, 1.165) is 30.2 Å². The molecule has 0 aromatic heterocycles. The lowest BCUT2D eigenvalue weighted by molar-refractivity contribution is -0.141. The Balaban J connectivity index is 1.59. The lowest BCUT2D eigenvalue weighted by Crippen LogP contribution is -2.62. The summed E-state index contributed by atoms with van der Waals surface area (Å²) in [6.45, 7) is 0. The first-order chi connectivity index (χ1) is 13.0. The average molecular weight is 434 g/mol. The molecule has 1 saturated heterocycles. The number of carbonyl (C=O) groups is 3. The molecular formula is C19H20BrN3O4. The Morgan fingerprint density at radius 2 is 2.07 bits per heavy atom. The maximum Gasteiger partial charge on any atom is 0.331 e. The number of fused-ring (bicyclic) bond motifs is 2. The van der Waals surface area contributed by atoms with Gasteiger partial charge in [0.25, 0.3) is 0 Å². The van der Waals surface area contributed by atoms with Gasteiger partial charge in [0, 0.05) is 16.7 Å². The summed E-state index contributed by atoms with van der Waals surface area (Å²) >= 11 is 3.37. The topological polar surface area (TPSA) is 88.1 Å². The van der Waals surface area contributed by atoms with Crippen LogP contribution in [0, 0.1) is 17.8 Å². The molecule has 3 aliphatic rings. The van der Waals surface area contributed by atoms with E-state index in [2.05, 4.69) is 26.2 Å². The SMILES string of the molecule is COc1ccc(Br)cc1N=C[C@H]1C(=O)NC(=O)N([C@H]2C[C@H]3CC[C@H]2C3)C1=O. The van der Waals surface area contributed by atoms with Gasteiger partial charge in [-0.1, -0.05) is 22.4 Å². The zero-order valence-electron chi connectivity index (χ0n) is 14.9. The molecule has 8 heteroatoms. The molecule has 1 aliphatic heterocycles. The van der Waals surface area contributed by atoms with Gasteiger partial charge >= 0.3 is 6.03 Å². The number of amides is 4. The van der Waals surface area contributed by atoms with Gasteiger partial charge in [-0.2, -0.15) is 0 Å². The molecule has 2 bridgehead atoms. The first-order valence-corrected chi connectivity index (χ1v) is 9.83. The average Bonchev–Trinajstić information content (AvgIpc) is 3.25. The van der Waals surface area contributed by atoms with Gasteiger partial charge in [-0.15, -0.1) is 0 Å². The molecule has 27 heavy (non-hydrogen) atoms. The number of benzene rings is 1. The van der Waals surface area contributed by atoms with Gasteiger partial charge in [-0.05, 0) is 49.3 Å². The second-order valence-corrected chi connectivity index (χ2v) is 8.23. The molecule has 1 aromatic carbocycles. The molecule has 3 fully saturated rings. The summed E-state index contributed by atoms with van der Waals surface area (Å²) in [5.41, 5.74) is 0.496. The predicted molar refractivity (Wildman–Crippen MR) is 102 cm³/mol. The first-order valence-electron chi connectivity index (χ1n) is 9.03. The molecule has 1 heterocycles. The van der Waals surface area contributed by atoms with Crippen molar-refractivity contribution in [1.82, 2.24) is 10.2 Å². The van der Waals surface area contributed by atoms with Crippen LogP contribution in [-0.4, -0.2) is 42.1 Å². The zero-order valence-corrected chi connectivity index (χ0v) is 16.4. The third-order valence-electron chi connectivity index (χ3n) is 5.77. The fourth-order valence-corrected chi connectivity index (χ4v) is 4.85. The molecule has 0 spiro atoms. The van der Waals surface area contributed by atoms with Crippen molar-refractivity contribution in [3.8, 4) is 5.75 Å². The van der Waals surface area contributed by atoms with Crippen LogP contribution in [-0.2, 0) is 9.59 Å². The lowest BCUT2D eigenvalue weighted by atomic mass is 9.92. The molecule has 1 aromatic rings. The maximum absolute atomic E-state index is 13.0. The summed E-state index contributed by atoms with van der Waals surface area (Å²) in [6, 6.07) is 4.57. The summed E-state index contributed by atoms with van der Waals surface area (Å²) in [5.74, 6) is -0.789. The van der Waals surface area contributed by atoms with Crippen molar-refractivity contribution in [3.63, 3.8) is 0 Å². The lowest BCUT2D eigenvalue weighted by Gasteiger charge is -2.36. The largest absolute Gasteiger partial charge is 0.494 e. The van der Waals surface area contributed by atoms with E-state index in [-0.39, 0.29) is 6.04 Å². The number of carbonyl (C=O) groups excluding carboxylic acids is 3. The summed E-state index contributed by atoms with van der Waals surface area (Å²) in [5, 5.41) is 2.32. The maximum atomic E-state index is 13.0. The van der Waals surface area contributed by atoms with Gasteiger partial charge in [0.2, 0.25) is 11.8 Å². The summed E-state index contributed by atoms with van der Waals surface area (Å²) in [7, 11) is 1.52. The Kier molecular flexibility index (Phi) is 4.75. The minimum atomic E-state index is -1.12. The highest BCUT2D eigenvalue weighted by molar-refractivity contribution is 9.10. The minimum Gasteiger partial charge on any atom is -0.494 e. The third kappa shape index (κ3) is 3.26. The van der Waals surface area contributed by atoms with Gasteiger partial charge < -0.3 is 4.74 Å². The van der Waals surface area contributed by atoms with Gasteiger partial charge in [0.05, 0.1) is 7.11 Å². The van der Waals surface area contributed by atoms with Crippen molar-refractivity contribution < 1.29 is 19.1 Å². The normalized spacial score (nSPS) is 30.3. The predicted octanol–water partition coefficient (Wildman–Crippen LogP) is 3.04. The smallest absolute Gasteiger partial charge is 0.331 e. The zero-order chi connectivity index (χ0) is 19.1. The Hall–Kier alpha value is -2.22. The van der Waals surface area contributed by atoms with Crippen LogP contribution >= 0.6 is 15.9 Å². The molecule has 0 radical (unpaired) electrons. The quantitative estimate of drug-likeness (QED) is 0.583. The van der Waals surface area contributed by atoms with E-state index in [1.165, 1.54) is 18.2 Å². The molecule has 7 nitrogen and oxygen atoms in total. The van der Waals surface area contributed by atoms with Crippen molar-refractivity contribution in [2.24, 2.45) is 22.7 Å². The molecular weight excluding hydrogens is 414 g/mol. The highest BCUT2D eigenvalue weighted by atomic mass is 79.9. The number of nitrogens with zero attached hydrogens (tertiary/aromatic N) is 2. The Morgan fingerprint density at radius 3 is 2.74 bits per heavy atom. The van der Waals surface area contributed by atoms with E-state index in [9.17, 15) is 14.4 Å². The number of rotatable bonds is 4. The third-order valence-corrected chi connectivity index (χ3v) is 6.26. The summed E-state index contributed by atoms with van der Waals surface area (Å²) < 4.78 is 6.06. The fraction of sp³-hybridized carbons (Fsp3) is 0.474. The number of hydrogen-bond acceptors (Lipinski definition) is 5. The second kappa shape index (κ2) is 7.07. The van der Waals surface area contributed by atoms with E-state index in [4.69, 9.17) is 4.74 Å². The highest BCUT2D eigenvalue weighted by Gasteiger charge is 2.50. The van der Waals surface area contributed by atoms with Crippen LogP contribution in [0.4, 0.5) is 10.5 Å². The van der Waals surface area contributed by atoms with Crippen LogP contribution in [0.25, 0.3) is 0 Å². The number of ether oxygens (including phenoxy) is 1. The number of barbiturate groups is 1. The molecule has 1 N–H and O–H groups in total. The van der Waals surface area contributed by atoms with Gasteiger partial charge in [-0.3, -0.25) is 24.8 Å². The Morgan fingerprint density at radius 1 is 1.26 bits per heavy atom. The number of halogens is 1. The van der Waals surface area contributed by atoms with Crippen LogP contribution in [0.1, 0.15) is 25.7 Å². The summed E-state index contributed by atoms with van der Waals surface area (Å²) in [6.07, 6.45) is 5.39. The van der Waals surface area contributed by atoms with Crippen molar-refractivity contribution in [3.05, 3.63) is 22.7 Å². The number of hydrogen-bond donors (Lipinski definition) is 1. The van der Waals surface area contributed by atoms with Gasteiger partial charge in [0.1, 0.15) is 11.4 Å². The van der Waals surface area contributed by atoms with Crippen molar-refractivity contribution in [2.75, 3.05) is 7.11 Å². The van der Waals surface area contributed by atoms with E-state index in [1.54, 1.807) is 12.1 Å². The number of methoxy groups -OCH3 is 1. The van der Waals surface area contributed by atoms with E-state index >= 15 is 0 Å². The number of aliphatic imine (C=N–C) groups is 1. The molecule has 4 atom stereocenters. The molecule has 142 valence electrons. The minimum absolute atomic E-state index is 0.111. The summed E-state index contributed by atoms with van der Waals surface area (Å²) in [4.78, 5) is 43.1. The highest BCUT2D eigenvalue weighted by Crippen LogP contribution is 2.47. The first kappa shape index (κ1) is 18.2.